The second-order valence-electron chi connectivity index (χ2n) is 4.88. The highest BCUT2D eigenvalue weighted by molar-refractivity contribution is 5.60. The molecule has 0 aliphatic carbocycles. The van der Waals surface area contributed by atoms with Crippen LogP contribution < -0.4 is 5.32 Å². The molecule has 3 rings (SSSR count). The van der Waals surface area contributed by atoms with Crippen molar-refractivity contribution in [1.82, 2.24) is 20.1 Å². The van der Waals surface area contributed by atoms with Gasteiger partial charge in [-0.2, -0.15) is 5.10 Å². The van der Waals surface area contributed by atoms with Crippen LogP contribution in [0.15, 0.2) is 30.7 Å². The van der Waals surface area contributed by atoms with Gasteiger partial charge in [0.15, 0.2) is 0 Å². The third-order valence-corrected chi connectivity index (χ3v) is 3.53. The summed E-state index contributed by atoms with van der Waals surface area (Å²) in [5.74, 6) is 0. The Kier molecular flexibility index (Phi) is 3.11. The number of hydrogen-bond donors (Lipinski definition) is 1. The molecule has 18 heavy (non-hydrogen) atoms. The van der Waals surface area contributed by atoms with E-state index in [2.05, 4.69) is 32.3 Å². The SMILES string of the molecule is Cc1ccc(-c2cnn(C3CCNCC3)c2)cn1. The van der Waals surface area contributed by atoms with Gasteiger partial charge in [0, 0.05) is 29.2 Å². The minimum absolute atomic E-state index is 0.540. The van der Waals surface area contributed by atoms with Crippen molar-refractivity contribution >= 4 is 0 Å². The number of pyridine rings is 1. The van der Waals surface area contributed by atoms with E-state index in [4.69, 9.17) is 0 Å². The number of nitrogens with zero attached hydrogens (tertiary/aromatic N) is 3. The standard InChI is InChI=1S/C14H18N4/c1-11-2-3-12(8-16-11)13-9-17-18(10-13)14-4-6-15-7-5-14/h2-3,8-10,14-15H,4-7H2,1H3. The lowest BCUT2D eigenvalue weighted by Gasteiger charge is -2.22. The second kappa shape index (κ2) is 4.90. The first-order chi connectivity index (χ1) is 8.83. The van der Waals surface area contributed by atoms with Crippen molar-refractivity contribution in [3.05, 3.63) is 36.4 Å². The molecular formula is C14H18N4. The molecule has 0 aromatic carbocycles. The molecule has 1 fully saturated rings. The predicted molar refractivity (Wildman–Crippen MR) is 71.3 cm³/mol. The Bertz CT molecular complexity index is 509. The maximum absolute atomic E-state index is 4.50. The third-order valence-electron chi connectivity index (χ3n) is 3.53. The van der Waals surface area contributed by atoms with Crippen molar-refractivity contribution in [2.24, 2.45) is 0 Å². The van der Waals surface area contributed by atoms with E-state index in [0.29, 0.717) is 6.04 Å². The topological polar surface area (TPSA) is 42.7 Å². The summed E-state index contributed by atoms with van der Waals surface area (Å²) in [4.78, 5) is 4.33. The molecule has 0 saturated carbocycles. The van der Waals surface area contributed by atoms with Crippen LogP contribution in [0, 0.1) is 6.92 Å². The summed E-state index contributed by atoms with van der Waals surface area (Å²) in [6, 6.07) is 4.68. The normalized spacial score (nSPS) is 16.9. The van der Waals surface area contributed by atoms with Gasteiger partial charge >= 0.3 is 0 Å². The smallest absolute Gasteiger partial charge is 0.0569 e. The van der Waals surface area contributed by atoms with E-state index < -0.39 is 0 Å². The van der Waals surface area contributed by atoms with Gasteiger partial charge in [-0.05, 0) is 38.9 Å². The van der Waals surface area contributed by atoms with Crippen LogP contribution in [0.4, 0.5) is 0 Å². The van der Waals surface area contributed by atoms with Crippen LogP contribution in [0.2, 0.25) is 0 Å². The van der Waals surface area contributed by atoms with Gasteiger partial charge in [0.1, 0.15) is 0 Å². The number of piperidine rings is 1. The van der Waals surface area contributed by atoms with Crippen molar-refractivity contribution in [3.8, 4) is 11.1 Å². The fourth-order valence-electron chi connectivity index (χ4n) is 2.40. The molecule has 4 heteroatoms. The van der Waals surface area contributed by atoms with Crippen LogP contribution in [-0.2, 0) is 0 Å². The monoisotopic (exact) mass is 242 g/mol. The first kappa shape index (κ1) is 11.4. The van der Waals surface area contributed by atoms with Crippen LogP contribution in [0.25, 0.3) is 11.1 Å². The molecule has 0 amide bonds. The van der Waals surface area contributed by atoms with Gasteiger partial charge in [0.2, 0.25) is 0 Å². The summed E-state index contributed by atoms with van der Waals surface area (Å²) >= 11 is 0. The molecule has 4 nitrogen and oxygen atoms in total. The van der Waals surface area contributed by atoms with Gasteiger partial charge in [0.05, 0.1) is 12.2 Å². The Morgan fingerprint density at radius 3 is 2.72 bits per heavy atom. The Morgan fingerprint density at radius 2 is 2.00 bits per heavy atom. The second-order valence-corrected chi connectivity index (χ2v) is 4.88. The predicted octanol–water partition coefficient (Wildman–Crippen LogP) is 2.18. The van der Waals surface area contributed by atoms with Crippen molar-refractivity contribution in [3.63, 3.8) is 0 Å². The molecule has 0 radical (unpaired) electrons. The Labute approximate surface area is 107 Å². The number of aromatic nitrogens is 3. The van der Waals surface area contributed by atoms with Gasteiger partial charge < -0.3 is 5.32 Å². The van der Waals surface area contributed by atoms with Crippen LogP contribution in [-0.4, -0.2) is 27.9 Å². The summed E-state index contributed by atoms with van der Waals surface area (Å²) in [5.41, 5.74) is 3.34. The first-order valence-corrected chi connectivity index (χ1v) is 6.51. The van der Waals surface area contributed by atoms with E-state index in [1.54, 1.807) is 0 Å². The minimum atomic E-state index is 0.540. The zero-order valence-electron chi connectivity index (χ0n) is 10.6. The molecule has 0 bridgehead atoms. The average molecular weight is 242 g/mol. The molecule has 0 unspecified atom stereocenters. The molecule has 1 aliphatic rings. The number of aryl methyl sites for hydroxylation is 1. The minimum Gasteiger partial charge on any atom is -0.317 e. The summed E-state index contributed by atoms with van der Waals surface area (Å²) in [6.07, 6.45) is 8.32. The van der Waals surface area contributed by atoms with Gasteiger partial charge in [-0.15, -0.1) is 0 Å². The fourth-order valence-corrected chi connectivity index (χ4v) is 2.40. The zero-order chi connectivity index (χ0) is 12.4. The van der Waals surface area contributed by atoms with Crippen molar-refractivity contribution in [2.45, 2.75) is 25.8 Å². The summed E-state index contributed by atoms with van der Waals surface area (Å²) in [6.45, 7) is 4.18. The summed E-state index contributed by atoms with van der Waals surface area (Å²) < 4.78 is 2.11. The summed E-state index contributed by atoms with van der Waals surface area (Å²) in [5, 5.41) is 7.88. The third kappa shape index (κ3) is 2.29. The van der Waals surface area contributed by atoms with Crippen LogP contribution in [0.3, 0.4) is 0 Å². The van der Waals surface area contributed by atoms with Gasteiger partial charge in [-0.25, -0.2) is 0 Å². The highest BCUT2D eigenvalue weighted by atomic mass is 15.3. The van der Waals surface area contributed by atoms with E-state index >= 15 is 0 Å². The van der Waals surface area contributed by atoms with E-state index in [9.17, 15) is 0 Å². The quantitative estimate of drug-likeness (QED) is 0.877. The largest absolute Gasteiger partial charge is 0.317 e. The maximum Gasteiger partial charge on any atom is 0.0569 e. The molecule has 3 heterocycles. The van der Waals surface area contributed by atoms with E-state index in [0.717, 1.165) is 42.8 Å². The van der Waals surface area contributed by atoms with Gasteiger partial charge in [0.25, 0.3) is 0 Å². The van der Waals surface area contributed by atoms with Crippen LogP contribution >= 0.6 is 0 Å². The van der Waals surface area contributed by atoms with Crippen molar-refractivity contribution in [2.75, 3.05) is 13.1 Å². The lowest BCUT2D eigenvalue weighted by Crippen LogP contribution is -2.29. The zero-order valence-corrected chi connectivity index (χ0v) is 10.6. The molecule has 94 valence electrons. The first-order valence-electron chi connectivity index (χ1n) is 6.51. The van der Waals surface area contributed by atoms with Gasteiger partial charge in [-0.3, -0.25) is 9.67 Å². The lowest BCUT2D eigenvalue weighted by atomic mass is 10.1. The van der Waals surface area contributed by atoms with Crippen molar-refractivity contribution in [1.29, 1.82) is 0 Å². The number of hydrogen-bond acceptors (Lipinski definition) is 3. The Hall–Kier alpha value is -1.68. The average Bonchev–Trinajstić information content (AvgIpc) is 2.90. The molecular weight excluding hydrogens is 224 g/mol. The van der Waals surface area contributed by atoms with Gasteiger partial charge in [-0.1, -0.05) is 6.07 Å². The number of nitrogens with one attached hydrogen (secondary N) is 1. The van der Waals surface area contributed by atoms with Crippen molar-refractivity contribution < 1.29 is 0 Å². The highest BCUT2D eigenvalue weighted by Crippen LogP contribution is 2.22. The van der Waals surface area contributed by atoms with Crippen LogP contribution in [0.1, 0.15) is 24.6 Å². The Morgan fingerprint density at radius 1 is 1.17 bits per heavy atom. The molecule has 2 aromatic rings. The number of rotatable bonds is 2. The van der Waals surface area contributed by atoms with Crippen LogP contribution in [0.5, 0.6) is 0 Å². The van der Waals surface area contributed by atoms with E-state index in [1.165, 1.54) is 0 Å². The molecule has 1 saturated heterocycles. The molecule has 1 N–H and O–H groups in total. The molecule has 0 atom stereocenters. The molecule has 2 aromatic heterocycles. The molecule has 1 aliphatic heterocycles. The maximum atomic E-state index is 4.50. The fraction of sp³-hybridized carbons (Fsp3) is 0.429. The highest BCUT2D eigenvalue weighted by Gasteiger charge is 2.15. The van der Waals surface area contributed by atoms with E-state index in [1.807, 2.05) is 25.4 Å². The molecule has 0 spiro atoms. The summed E-state index contributed by atoms with van der Waals surface area (Å²) in [7, 11) is 0. The lowest BCUT2D eigenvalue weighted by molar-refractivity contribution is 0.343. The van der Waals surface area contributed by atoms with E-state index in [-0.39, 0.29) is 0 Å². The Balaban J connectivity index is 1.82.